The fourth-order valence-electron chi connectivity index (χ4n) is 2.06. The second-order valence-corrected chi connectivity index (χ2v) is 6.25. The van der Waals surface area contributed by atoms with Crippen molar-refractivity contribution in [1.82, 2.24) is 9.36 Å². The molecule has 0 bridgehead atoms. The molecule has 0 aliphatic heterocycles. The molecule has 0 saturated heterocycles. The largest absolute Gasteiger partial charge is 0.268 e. The Morgan fingerprint density at radius 3 is 1.83 bits per heavy atom. The minimum Gasteiger partial charge on any atom is -0.268 e. The van der Waals surface area contributed by atoms with Gasteiger partial charge in [0.25, 0.3) is 11.8 Å². The van der Waals surface area contributed by atoms with Gasteiger partial charge in [-0.2, -0.15) is 9.36 Å². The normalized spacial score (nSPS) is 10.4. The van der Waals surface area contributed by atoms with Gasteiger partial charge in [-0.3, -0.25) is 9.59 Å². The number of anilines is 1. The highest BCUT2D eigenvalue weighted by molar-refractivity contribution is 7.98. The van der Waals surface area contributed by atoms with Gasteiger partial charge in [0.15, 0.2) is 0 Å². The molecule has 0 unspecified atom stereocenters. The van der Waals surface area contributed by atoms with E-state index in [1.165, 1.54) is 11.8 Å². The van der Waals surface area contributed by atoms with E-state index in [1.54, 1.807) is 48.5 Å². The van der Waals surface area contributed by atoms with Crippen molar-refractivity contribution in [3.05, 3.63) is 71.8 Å². The molecular formula is C17H13N3O2S2. The van der Waals surface area contributed by atoms with Crippen molar-refractivity contribution in [3.8, 4) is 0 Å². The average molecular weight is 355 g/mol. The zero-order valence-electron chi connectivity index (χ0n) is 12.7. The Morgan fingerprint density at radius 2 is 1.42 bits per heavy atom. The number of amides is 2. The lowest BCUT2D eigenvalue weighted by Crippen LogP contribution is -2.37. The first kappa shape index (κ1) is 16.4. The summed E-state index contributed by atoms with van der Waals surface area (Å²) in [5.41, 5.74) is 0.838. The molecule has 0 aliphatic rings. The predicted molar refractivity (Wildman–Crippen MR) is 95.7 cm³/mol. The molecule has 24 heavy (non-hydrogen) atoms. The number of carbonyl (C=O) groups is 2. The molecule has 0 N–H and O–H groups in total. The molecule has 0 saturated carbocycles. The molecule has 1 heterocycles. The van der Waals surface area contributed by atoms with Crippen LogP contribution in [0.15, 0.2) is 65.8 Å². The van der Waals surface area contributed by atoms with Crippen molar-refractivity contribution in [1.29, 1.82) is 0 Å². The predicted octanol–water partition coefficient (Wildman–Crippen LogP) is 3.75. The summed E-state index contributed by atoms with van der Waals surface area (Å²) in [7, 11) is 0. The number of rotatable bonds is 4. The molecule has 3 rings (SSSR count). The lowest BCUT2D eigenvalue weighted by molar-refractivity contribution is 0.0897. The van der Waals surface area contributed by atoms with Crippen molar-refractivity contribution in [3.63, 3.8) is 0 Å². The average Bonchev–Trinajstić information content (AvgIpc) is 3.12. The number of hydrogen-bond acceptors (Lipinski definition) is 6. The Bertz CT molecular complexity index is 799. The Hall–Kier alpha value is -2.51. The van der Waals surface area contributed by atoms with Crippen LogP contribution < -0.4 is 4.90 Å². The number of carbonyl (C=O) groups excluding carboxylic acids is 2. The maximum Gasteiger partial charge on any atom is 0.267 e. The van der Waals surface area contributed by atoms with Gasteiger partial charge < -0.3 is 0 Å². The Labute approximate surface area is 147 Å². The van der Waals surface area contributed by atoms with Gasteiger partial charge in [-0.1, -0.05) is 48.2 Å². The van der Waals surface area contributed by atoms with Crippen LogP contribution in [0.2, 0.25) is 0 Å². The van der Waals surface area contributed by atoms with Crippen molar-refractivity contribution >= 4 is 40.2 Å². The van der Waals surface area contributed by atoms with Crippen LogP contribution in [0.25, 0.3) is 0 Å². The fourth-order valence-corrected chi connectivity index (χ4v) is 3.28. The van der Waals surface area contributed by atoms with Crippen molar-refractivity contribution in [2.75, 3.05) is 11.2 Å². The molecule has 0 aliphatic carbocycles. The molecule has 0 fully saturated rings. The summed E-state index contributed by atoms with van der Waals surface area (Å²) in [5, 5.41) is 0.795. The highest BCUT2D eigenvalue weighted by atomic mass is 32.2. The van der Waals surface area contributed by atoms with Crippen LogP contribution >= 0.6 is 23.3 Å². The standard InChI is InChI=1S/C17H13N3O2S2/c1-23-16-18-17(24-19-16)20(14(21)12-8-4-2-5-9-12)15(22)13-10-6-3-7-11-13/h2-11H,1H3. The summed E-state index contributed by atoms with van der Waals surface area (Å²) in [6.45, 7) is 0. The number of benzene rings is 2. The number of thioether (sulfide) groups is 1. The van der Waals surface area contributed by atoms with Crippen molar-refractivity contribution in [2.24, 2.45) is 0 Å². The molecule has 120 valence electrons. The Balaban J connectivity index is 2.04. The van der Waals surface area contributed by atoms with Gasteiger partial charge in [0.05, 0.1) is 0 Å². The van der Waals surface area contributed by atoms with Crippen LogP contribution in [0.1, 0.15) is 20.7 Å². The smallest absolute Gasteiger partial charge is 0.267 e. The van der Waals surface area contributed by atoms with E-state index in [2.05, 4.69) is 9.36 Å². The molecular weight excluding hydrogens is 342 g/mol. The quantitative estimate of drug-likeness (QED) is 0.527. The van der Waals surface area contributed by atoms with Crippen molar-refractivity contribution < 1.29 is 9.59 Å². The van der Waals surface area contributed by atoms with Gasteiger partial charge in [-0.15, -0.1) is 0 Å². The third-order valence-electron chi connectivity index (χ3n) is 3.22. The lowest BCUT2D eigenvalue weighted by atomic mass is 10.1. The summed E-state index contributed by atoms with van der Waals surface area (Å²) < 4.78 is 4.16. The third-order valence-corrected chi connectivity index (χ3v) is 4.58. The van der Waals surface area contributed by atoms with E-state index in [-0.39, 0.29) is 5.13 Å². The zero-order chi connectivity index (χ0) is 16.9. The van der Waals surface area contributed by atoms with Crippen LogP contribution in [0, 0.1) is 0 Å². The van der Waals surface area contributed by atoms with Crippen LogP contribution in [-0.2, 0) is 0 Å². The zero-order valence-corrected chi connectivity index (χ0v) is 14.4. The van der Waals surface area contributed by atoms with E-state index in [9.17, 15) is 9.59 Å². The number of nitrogens with zero attached hydrogens (tertiary/aromatic N) is 3. The van der Waals surface area contributed by atoms with Crippen LogP contribution in [0.5, 0.6) is 0 Å². The summed E-state index contributed by atoms with van der Waals surface area (Å²) in [5.74, 6) is -0.846. The van der Waals surface area contributed by atoms with Gasteiger partial charge in [-0.05, 0) is 30.5 Å². The SMILES string of the molecule is CSc1nsc(N(C(=O)c2ccccc2)C(=O)c2ccccc2)n1. The summed E-state index contributed by atoms with van der Waals surface area (Å²) >= 11 is 2.39. The van der Waals surface area contributed by atoms with Gasteiger partial charge in [-0.25, -0.2) is 4.90 Å². The van der Waals surface area contributed by atoms with Gasteiger partial charge >= 0.3 is 0 Å². The molecule has 7 heteroatoms. The molecule has 3 aromatic rings. The van der Waals surface area contributed by atoms with Crippen LogP contribution in [0.3, 0.4) is 0 Å². The molecule has 5 nitrogen and oxygen atoms in total. The summed E-state index contributed by atoms with van der Waals surface area (Å²) in [4.78, 5) is 31.2. The maximum atomic E-state index is 12.9. The highest BCUT2D eigenvalue weighted by Gasteiger charge is 2.28. The van der Waals surface area contributed by atoms with E-state index < -0.39 is 11.8 Å². The molecule has 2 aromatic carbocycles. The molecule has 0 radical (unpaired) electrons. The van der Waals surface area contributed by atoms with Gasteiger partial charge in [0, 0.05) is 22.7 Å². The first-order valence-corrected chi connectivity index (χ1v) is 9.07. The molecule has 0 spiro atoms. The second-order valence-electron chi connectivity index (χ2n) is 4.74. The van der Waals surface area contributed by atoms with E-state index in [0.29, 0.717) is 16.3 Å². The Kier molecular flexibility index (Phi) is 5.02. The number of hydrogen-bond donors (Lipinski definition) is 0. The van der Waals surface area contributed by atoms with Gasteiger partial charge in [0.1, 0.15) is 0 Å². The molecule has 0 atom stereocenters. The highest BCUT2D eigenvalue weighted by Crippen LogP contribution is 2.25. The maximum absolute atomic E-state index is 12.9. The first-order chi connectivity index (χ1) is 11.7. The van der Waals surface area contributed by atoms with E-state index in [1.807, 2.05) is 18.4 Å². The minimum absolute atomic E-state index is 0.266. The minimum atomic E-state index is -0.423. The van der Waals surface area contributed by atoms with E-state index >= 15 is 0 Å². The lowest BCUT2D eigenvalue weighted by Gasteiger charge is -2.17. The van der Waals surface area contributed by atoms with Gasteiger partial charge in [0.2, 0.25) is 10.3 Å². The topological polar surface area (TPSA) is 63.2 Å². The summed E-state index contributed by atoms with van der Waals surface area (Å²) in [6, 6.07) is 17.3. The Morgan fingerprint density at radius 1 is 0.917 bits per heavy atom. The summed E-state index contributed by atoms with van der Waals surface area (Å²) in [6.07, 6.45) is 1.84. The molecule has 2 amide bonds. The second kappa shape index (κ2) is 7.37. The molecule has 1 aromatic heterocycles. The monoisotopic (exact) mass is 355 g/mol. The number of aromatic nitrogens is 2. The van der Waals surface area contributed by atoms with Crippen LogP contribution in [-0.4, -0.2) is 27.4 Å². The number of imide groups is 1. The van der Waals surface area contributed by atoms with E-state index in [4.69, 9.17) is 0 Å². The van der Waals surface area contributed by atoms with Crippen LogP contribution in [0.4, 0.5) is 5.13 Å². The fraction of sp³-hybridized carbons (Fsp3) is 0.0588. The first-order valence-electron chi connectivity index (χ1n) is 7.07. The van der Waals surface area contributed by atoms with E-state index in [0.717, 1.165) is 16.4 Å². The van der Waals surface area contributed by atoms with Crippen molar-refractivity contribution in [2.45, 2.75) is 5.16 Å². The third kappa shape index (κ3) is 3.37.